The summed E-state index contributed by atoms with van der Waals surface area (Å²) in [5.74, 6) is 1.96. The van der Waals surface area contributed by atoms with Crippen LogP contribution in [-0.2, 0) is 4.79 Å². The van der Waals surface area contributed by atoms with E-state index >= 15 is 0 Å². The number of hydrogen-bond donors (Lipinski definition) is 0. The summed E-state index contributed by atoms with van der Waals surface area (Å²) in [6, 6.07) is 11.9. The minimum Gasteiger partial charge on any atom is -0.497 e. The van der Waals surface area contributed by atoms with Gasteiger partial charge in [0.15, 0.2) is 11.0 Å². The normalized spacial score (nSPS) is 16.3. The second kappa shape index (κ2) is 9.96. The fraction of sp³-hybridized carbons (Fsp3) is 0.391. The van der Waals surface area contributed by atoms with Crippen molar-refractivity contribution in [1.29, 1.82) is 0 Å². The predicted molar refractivity (Wildman–Crippen MR) is 122 cm³/mol. The minimum absolute atomic E-state index is 0.169. The molecule has 3 aromatic rings. The first-order valence-electron chi connectivity index (χ1n) is 10.6. The molecule has 0 aliphatic carbocycles. The molecular formula is C23H27N5O2S. The summed E-state index contributed by atoms with van der Waals surface area (Å²) in [6.45, 7) is 3.01. The summed E-state index contributed by atoms with van der Waals surface area (Å²) < 4.78 is 7.38. The average molecular weight is 438 g/mol. The highest BCUT2D eigenvalue weighted by atomic mass is 32.2. The molecule has 7 nitrogen and oxygen atoms in total. The van der Waals surface area contributed by atoms with Crippen LogP contribution in [0.1, 0.15) is 32.6 Å². The highest BCUT2D eigenvalue weighted by Gasteiger charge is 2.26. The number of pyridine rings is 1. The Morgan fingerprint density at radius 3 is 2.81 bits per heavy atom. The number of piperidine rings is 1. The minimum atomic E-state index is 0.169. The Bertz CT molecular complexity index is 1020. The maximum Gasteiger partial charge on any atom is 0.233 e. The Morgan fingerprint density at radius 2 is 2.03 bits per heavy atom. The molecule has 0 spiro atoms. The number of carbonyl (C=O) groups excluding carboxylic acids is 1. The number of benzene rings is 1. The van der Waals surface area contributed by atoms with Crippen LogP contribution >= 0.6 is 11.8 Å². The van der Waals surface area contributed by atoms with Crippen molar-refractivity contribution in [1.82, 2.24) is 24.6 Å². The maximum atomic E-state index is 13.0. The fourth-order valence-electron chi connectivity index (χ4n) is 4.00. The van der Waals surface area contributed by atoms with Crippen LogP contribution in [-0.4, -0.2) is 56.0 Å². The molecule has 31 heavy (non-hydrogen) atoms. The van der Waals surface area contributed by atoms with Gasteiger partial charge >= 0.3 is 0 Å². The molecule has 162 valence electrons. The van der Waals surface area contributed by atoms with Crippen molar-refractivity contribution >= 4 is 17.7 Å². The lowest BCUT2D eigenvalue weighted by Gasteiger charge is -2.35. The monoisotopic (exact) mass is 437 g/mol. The Labute approximate surface area is 186 Å². The Balaban J connectivity index is 1.63. The SMILES string of the molecule is CCC1CCCCN1C(=O)CSc1nnc(-c2ccncc2)n1-c1cccc(OC)c1. The number of likely N-dealkylation sites (tertiary alicyclic amines) is 1. The van der Waals surface area contributed by atoms with E-state index in [1.807, 2.05) is 45.9 Å². The molecule has 1 aliphatic heterocycles. The first-order valence-corrected chi connectivity index (χ1v) is 11.6. The third-order valence-corrected chi connectivity index (χ3v) is 6.54. The van der Waals surface area contributed by atoms with Crippen LogP contribution in [0.3, 0.4) is 0 Å². The van der Waals surface area contributed by atoms with Crippen molar-refractivity contribution in [2.45, 2.75) is 43.8 Å². The van der Waals surface area contributed by atoms with Crippen LogP contribution < -0.4 is 4.74 Å². The zero-order valence-corrected chi connectivity index (χ0v) is 18.7. The summed E-state index contributed by atoms with van der Waals surface area (Å²) in [5, 5.41) is 9.54. The zero-order chi connectivity index (χ0) is 21.6. The van der Waals surface area contributed by atoms with Crippen LogP contribution in [0, 0.1) is 0 Å². The predicted octanol–water partition coefficient (Wildman–Crippen LogP) is 4.22. The fourth-order valence-corrected chi connectivity index (χ4v) is 4.83. The van der Waals surface area contributed by atoms with E-state index in [9.17, 15) is 4.79 Å². The quantitative estimate of drug-likeness (QED) is 0.515. The van der Waals surface area contributed by atoms with E-state index in [1.165, 1.54) is 18.2 Å². The van der Waals surface area contributed by atoms with E-state index in [0.717, 1.165) is 42.8 Å². The zero-order valence-electron chi connectivity index (χ0n) is 17.9. The van der Waals surface area contributed by atoms with Crippen molar-refractivity contribution in [2.24, 2.45) is 0 Å². The van der Waals surface area contributed by atoms with Gasteiger partial charge < -0.3 is 9.64 Å². The molecule has 1 fully saturated rings. The third-order valence-electron chi connectivity index (χ3n) is 5.63. The van der Waals surface area contributed by atoms with Crippen LogP contribution in [0.4, 0.5) is 0 Å². The smallest absolute Gasteiger partial charge is 0.233 e. The summed E-state index contributed by atoms with van der Waals surface area (Å²) in [6.07, 6.45) is 7.85. The average Bonchev–Trinajstić information content (AvgIpc) is 3.27. The molecule has 0 N–H and O–H groups in total. The topological polar surface area (TPSA) is 73.1 Å². The second-order valence-electron chi connectivity index (χ2n) is 7.51. The van der Waals surface area contributed by atoms with Crippen molar-refractivity contribution in [3.63, 3.8) is 0 Å². The lowest BCUT2D eigenvalue weighted by molar-refractivity contribution is -0.132. The van der Waals surface area contributed by atoms with E-state index in [-0.39, 0.29) is 5.91 Å². The Morgan fingerprint density at radius 1 is 1.19 bits per heavy atom. The molecule has 0 radical (unpaired) electrons. The number of carbonyl (C=O) groups is 1. The summed E-state index contributed by atoms with van der Waals surface area (Å²) in [5.41, 5.74) is 1.79. The van der Waals surface area contributed by atoms with Gasteiger partial charge in [-0.25, -0.2) is 0 Å². The van der Waals surface area contributed by atoms with Gasteiger partial charge in [0.2, 0.25) is 5.91 Å². The van der Waals surface area contributed by atoms with Gasteiger partial charge in [0.1, 0.15) is 5.75 Å². The van der Waals surface area contributed by atoms with E-state index in [2.05, 4.69) is 22.1 Å². The molecule has 0 saturated carbocycles. The number of amides is 1. The molecule has 1 aliphatic rings. The van der Waals surface area contributed by atoms with E-state index in [0.29, 0.717) is 22.8 Å². The molecule has 1 unspecified atom stereocenters. The second-order valence-corrected chi connectivity index (χ2v) is 8.46. The molecule has 1 aromatic carbocycles. The van der Waals surface area contributed by atoms with Crippen LogP contribution in [0.2, 0.25) is 0 Å². The van der Waals surface area contributed by atoms with Gasteiger partial charge in [0, 0.05) is 36.6 Å². The summed E-state index contributed by atoms with van der Waals surface area (Å²) in [4.78, 5) is 19.1. The van der Waals surface area contributed by atoms with Crippen LogP contribution in [0.15, 0.2) is 53.9 Å². The van der Waals surface area contributed by atoms with Gasteiger partial charge in [-0.05, 0) is 49.9 Å². The molecule has 4 rings (SSSR count). The summed E-state index contributed by atoms with van der Waals surface area (Å²) >= 11 is 1.43. The summed E-state index contributed by atoms with van der Waals surface area (Å²) in [7, 11) is 1.64. The van der Waals surface area contributed by atoms with Crippen LogP contribution in [0.5, 0.6) is 5.75 Å². The number of aromatic nitrogens is 4. The molecule has 1 atom stereocenters. The largest absolute Gasteiger partial charge is 0.497 e. The Kier molecular flexibility index (Phi) is 6.86. The van der Waals surface area contributed by atoms with Crippen LogP contribution in [0.25, 0.3) is 17.1 Å². The molecular weight excluding hydrogens is 410 g/mol. The number of thioether (sulfide) groups is 1. The first kappa shape index (κ1) is 21.4. The van der Waals surface area contributed by atoms with Gasteiger partial charge in [-0.2, -0.15) is 0 Å². The lowest BCUT2D eigenvalue weighted by atomic mass is 10.0. The molecule has 1 saturated heterocycles. The standard InChI is InChI=1S/C23H27N5O2S/c1-3-18-7-4-5-14-27(18)21(29)16-31-23-26-25-22(17-10-12-24-13-11-17)28(23)19-8-6-9-20(15-19)30-2/h6,8-13,15,18H,3-5,7,14,16H2,1-2H3. The molecule has 0 bridgehead atoms. The lowest BCUT2D eigenvalue weighted by Crippen LogP contribution is -2.44. The van der Waals surface area contributed by atoms with E-state index in [4.69, 9.17) is 4.74 Å². The van der Waals surface area contributed by atoms with Gasteiger partial charge in [0.25, 0.3) is 0 Å². The van der Waals surface area contributed by atoms with Crippen molar-refractivity contribution in [3.05, 3.63) is 48.8 Å². The number of methoxy groups -OCH3 is 1. The third kappa shape index (κ3) is 4.74. The number of nitrogens with zero attached hydrogens (tertiary/aromatic N) is 5. The number of ether oxygens (including phenoxy) is 1. The van der Waals surface area contributed by atoms with Gasteiger partial charge in [0.05, 0.1) is 18.6 Å². The van der Waals surface area contributed by atoms with Gasteiger partial charge in [-0.1, -0.05) is 24.8 Å². The van der Waals surface area contributed by atoms with Gasteiger partial charge in [-0.15, -0.1) is 10.2 Å². The van der Waals surface area contributed by atoms with Crippen molar-refractivity contribution < 1.29 is 9.53 Å². The first-order chi connectivity index (χ1) is 15.2. The molecule has 2 aromatic heterocycles. The maximum absolute atomic E-state index is 13.0. The Hall–Kier alpha value is -2.87. The molecule has 8 heteroatoms. The number of hydrogen-bond acceptors (Lipinski definition) is 6. The molecule has 3 heterocycles. The number of rotatable bonds is 7. The van der Waals surface area contributed by atoms with Crippen molar-refractivity contribution in [2.75, 3.05) is 19.4 Å². The van der Waals surface area contributed by atoms with E-state index < -0.39 is 0 Å². The highest BCUT2D eigenvalue weighted by Crippen LogP contribution is 2.30. The van der Waals surface area contributed by atoms with Gasteiger partial charge in [-0.3, -0.25) is 14.3 Å². The molecule has 1 amide bonds. The van der Waals surface area contributed by atoms with E-state index in [1.54, 1.807) is 19.5 Å². The highest BCUT2D eigenvalue weighted by molar-refractivity contribution is 7.99. The van der Waals surface area contributed by atoms with Crippen molar-refractivity contribution in [3.8, 4) is 22.8 Å².